The molecule has 3 aromatic rings. The van der Waals surface area contributed by atoms with E-state index < -0.39 is 0 Å². The maximum Gasteiger partial charge on any atom is 0.255 e. The molecular weight excluding hydrogens is 450 g/mol. The van der Waals surface area contributed by atoms with E-state index in [-0.39, 0.29) is 5.91 Å². The van der Waals surface area contributed by atoms with Gasteiger partial charge in [-0.05, 0) is 54.6 Å². The van der Waals surface area contributed by atoms with Crippen molar-refractivity contribution >= 4 is 28.9 Å². The first-order valence-electron chi connectivity index (χ1n) is 11.5. The van der Waals surface area contributed by atoms with Crippen molar-refractivity contribution in [2.75, 3.05) is 50.1 Å². The molecule has 1 fully saturated rings. The number of piperazine rings is 1. The summed E-state index contributed by atoms with van der Waals surface area (Å²) in [7, 11) is 1.57. The molecule has 1 aliphatic rings. The molecule has 1 N–H and O–H groups in total. The Kier molecular flexibility index (Phi) is 7.93. The molecule has 178 valence electrons. The van der Waals surface area contributed by atoms with Crippen molar-refractivity contribution in [3.8, 4) is 11.5 Å². The summed E-state index contributed by atoms with van der Waals surface area (Å²) in [5.74, 6) is 0.885. The van der Waals surface area contributed by atoms with Crippen LogP contribution < -0.4 is 19.7 Å². The monoisotopic (exact) mass is 479 g/mol. The molecule has 0 bridgehead atoms. The van der Waals surface area contributed by atoms with E-state index in [9.17, 15) is 4.79 Å². The van der Waals surface area contributed by atoms with Crippen molar-refractivity contribution < 1.29 is 14.3 Å². The van der Waals surface area contributed by atoms with E-state index in [0.717, 1.165) is 49.7 Å². The van der Waals surface area contributed by atoms with Gasteiger partial charge in [0, 0.05) is 36.8 Å². The zero-order valence-corrected chi connectivity index (χ0v) is 20.3. The summed E-state index contributed by atoms with van der Waals surface area (Å²) in [5.41, 5.74) is 3.34. The number of methoxy groups -OCH3 is 1. The standard InChI is InChI=1S/C27H30ClN3O3/c1-3-30-14-16-31(17-15-30)24-7-5-4-6-23(24)29-27(32)21-10-13-25(26(18-21)33-2)34-19-20-8-11-22(28)12-9-20/h4-13,18H,3,14-17,19H2,1-2H3,(H,29,32). The van der Waals surface area contributed by atoms with Crippen molar-refractivity contribution in [2.24, 2.45) is 0 Å². The largest absolute Gasteiger partial charge is 0.493 e. The van der Waals surface area contributed by atoms with Crippen LogP contribution in [0, 0.1) is 0 Å². The molecule has 0 atom stereocenters. The highest BCUT2D eigenvalue weighted by molar-refractivity contribution is 6.30. The van der Waals surface area contributed by atoms with Gasteiger partial charge in [0.2, 0.25) is 0 Å². The van der Waals surface area contributed by atoms with E-state index in [4.69, 9.17) is 21.1 Å². The molecule has 0 saturated carbocycles. The van der Waals surface area contributed by atoms with Gasteiger partial charge in [0.15, 0.2) is 11.5 Å². The Morgan fingerprint density at radius 2 is 1.71 bits per heavy atom. The first-order valence-corrected chi connectivity index (χ1v) is 11.9. The van der Waals surface area contributed by atoms with Crippen molar-refractivity contribution in [2.45, 2.75) is 13.5 Å². The fraction of sp³-hybridized carbons (Fsp3) is 0.296. The van der Waals surface area contributed by atoms with Gasteiger partial charge in [0.25, 0.3) is 5.91 Å². The van der Waals surface area contributed by atoms with Crippen molar-refractivity contribution in [3.63, 3.8) is 0 Å². The van der Waals surface area contributed by atoms with Crippen molar-refractivity contribution in [1.82, 2.24) is 4.90 Å². The molecule has 1 saturated heterocycles. The smallest absolute Gasteiger partial charge is 0.255 e. The number of nitrogens with zero attached hydrogens (tertiary/aromatic N) is 2. The molecule has 0 spiro atoms. The van der Waals surface area contributed by atoms with E-state index in [1.807, 2.05) is 42.5 Å². The Morgan fingerprint density at radius 3 is 2.41 bits per heavy atom. The number of carbonyl (C=O) groups is 1. The van der Waals surface area contributed by atoms with Crippen molar-refractivity contribution in [3.05, 3.63) is 82.9 Å². The lowest BCUT2D eigenvalue weighted by molar-refractivity contribution is 0.102. The van der Waals surface area contributed by atoms with Crippen LogP contribution in [0.1, 0.15) is 22.8 Å². The zero-order chi connectivity index (χ0) is 23.9. The van der Waals surface area contributed by atoms with Gasteiger partial charge in [-0.15, -0.1) is 0 Å². The van der Waals surface area contributed by atoms with Gasteiger partial charge in [-0.3, -0.25) is 4.79 Å². The molecule has 0 aromatic heterocycles. The minimum Gasteiger partial charge on any atom is -0.493 e. The Morgan fingerprint density at radius 1 is 0.971 bits per heavy atom. The minimum atomic E-state index is -0.192. The Labute approximate surface area is 206 Å². The molecule has 6 nitrogen and oxygen atoms in total. The Balaban J connectivity index is 1.45. The average molecular weight is 480 g/mol. The van der Waals surface area contributed by atoms with Gasteiger partial charge in [-0.25, -0.2) is 0 Å². The third-order valence-electron chi connectivity index (χ3n) is 6.05. The lowest BCUT2D eigenvalue weighted by atomic mass is 10.1. The molecule has 3 aromatic carbocycles. The molecular formula is C27H30ClN3O3. The minimum absolute atomic E-state index is 0.192. The maximum absolute atomic E-state index is 13.1. The molecule has 7 heteroatoms. The first-order chi connectivity index (χ1) is 16.6. The van der Waals surface area contributed by atoms with Gasteiger partial charge in [0.05, 0.1) is 18.5 Å². The van der Waals surface area contributed by atoms with Crippen LogP contribution in [0.25, 0.3) is 0 Å². The number of benzene rings is 3. The molecule has 1 aliphatic heterocycles. The van der Waals surface area contributed by atoms with Crippen LogP contribution in [0.15, 0.2) is 66.7 Å². The zero-order valence-electron chi connectivity index (χ0n) is 19.6. The molecule has 0 unspecified atom stereocenters. The van der Waals surface area contributed by atoms with E-state index in [0.29, 0.717) is 28.7 Å². The third kappa shape index (κ3) is 5.82. The highest BCUT2D eigenvalue weighted by atomic mass is 35.5. The summed E-state index contributed by atoms with van der Waals surface area (Å²) in [5, 5.41) is 3.76. The third-order valence-corrected chi connectivity index (χ3v) is 6.30. The number of hydrogen-bond donors (Lipinski definition) is 1. The maximum atomic E-state index is 13.1. The predicted molar refractivity (Wildman–Crippen MR) is 138 cm³/mol. The molecule has 1 heterocycles. The van der Waals surface area contributed by atoms with E-state index in [2.05, 4.69) is 28.1 Å². The van der Waals surface area contributed by atoms with Crippen LogP contribution in [0.3, 0.4) is 0 Å². The molecule has 4 rings (SSSR count). The SMILES string of the molecule is CCN1CCN(c2ccccc2NC(=O)c2ccc(OCc3ccc(Cl)cc3)c(OC)c2)CC1. The van der Waals surface area contributed by atoms with Gasteiger partial charge >= 0.3 is 0 Å². The average Bonchev–Trinajstić information content (AvgIpc) is 2.88. The number of carbonyl (C=O) groups excluding carboxylic acids is 1. The summed E-state index contributed by atoms with van der Waals surface area (Å²) in [6.07, 6.45) is 0. The summed E-state index contributed by atoms with van der Waals surface area (Å²) in [4.78, 5) is 17.9. The van der Waals surface area contributed by atoms with E-state index in [1.165, 1.54) is 0 Å². The van der Waals surface area contributed by atoms with E-state index >= 15 is 0 Å². The normalized spacial score (nSPS) is 14.0. The summed E-state index contributed by atoms with van der Waals surface area (Å²) in [6.45, 7) is 7.54. The summed E-state index contributed by atoms with van der Waals surface area (Å²) in [6, 6.07) is 20.6. The number of rotatable bonds is 8. The van der Waals surface area contributed by atoms with Crippen LogP contribution in [0.4, 0.5) is 11.4 Å². The second kappa shape index (κ2) is 11.3. The lowest BCUT2D eigenvalue weighted by Crippen LogP contribution is -2.46. The molecule has 0 aliphatic carbocycles. The topological polar surface area (TPSA) is 54.0 Å². The number of nitrogens with one attached hydrogen (secondary N) is 1. The summed E-state index contributed by atoms with van der Waals surface area (Å²) >= 11 is 5.94. The number of likely N-dealkylation sites (N-methyl/N-ethyl adjacent to an activating group) is 1. The number of para-hydroxylation sites is 2. The number of ether oxygens (including phenoxy) is 2. The highest BCUT2D eigenvalue weighted by Crippen LogP contribution is 2.31. The number of amides is 1. The first kappa shape index (κ1) is 23.9. The van der Waals surface area contributed by atoms with Crippen LogP contribution in [0.5, 0.6) is 11.5 Å². The van der Waals surface area contributed by atoms with Crippen molar-refractivity contribution in [1.29, 1.82) is 0 Å². The Bertz CT molecular complexity index is 1110. The van der Waals surface area contributed by atoms with Gasteiger partial charge < -0.3 is 24.6 Å². The van der Waals surface area contributed by atoms with Gasteiger partial charge in [-0.1, -0.05) is 42.8 Å². The number of hydrogen-bond acceptors (Lipinski definition) is 5. The molecule has 34 heavy (non-hydrogen) atoms. The van der Waals surface area contributed by atoms with Crippen LogP contribution in [-0.4, -0.2) is 50.6 Å². The Hall–Kier alpha value is -3.22. The molecule has 0 radical (unpaired) electrons. The highest BCUT2D eigenvalue weighted by Gasteiger charge is 2.19. The van der Waals surface area contributed by atoms with Crippen LogP contribution in [0.2, 0.25) is 5.02 Å². The lowest BCUT2D eigenvalue weighted by Gasteiger charge is -2.36. The summed E-state index contributed by atoms with van der Waals surface area (Å²) < 4.78 is 11.4. The van der Waals surface area contributed by atoms with Gasteiger partial charge in [0.1, 0.15) is 6.61 Å². The van der Waals surface area contributed by atoms with Crippen LogP contribution >= 0.6 is 11.6 Å². The van der Waals surface area contributed by atoms with Gasteiger partial charge in [-0.2, -0.15) is 0 Å². The van der Waals surface area contributed by atoms with Crippen LogP contribution in [-0.2, 0) is 6.61 Å². The second-order valence-corrected chi connectivity index (χ2v) is 8.61. The quantitative estimate of drug-likeness (QED) is 0.473. The predicted octanol–water partition coefficient (Wildman–Crippen LogP) is 5.32. The van der Waals surface area contributed by atoms with E-state index in [1.54, 1.807) is 25.3 Å². The fourth-order valence-electron chi connectivity index (χ4n) is 4.02. The fourth-order valence-corrected chi connectivity index (χ4v) is 4.15. The number of anilines is 2. The second-order valence-electron chi connectivity index (χ2n) is 8.17. The molecule has 1 amide bonds. The number of halogens is 1.